The third-order valence-corrected chi connectivity index (χ3v) is 4.38. The van der Waals surface area contributed by atoms with E-state index in [1.54, 1.807) is 5.54 Å². The van der Waals surface area contributed by atoms with Crippen LogP contribution in [0.1, 0.15) is 45.4 Å². The normalized spacial score (nSPS) is 38.1. The van der Waals surface area contributed by atoms with Crippen molar-refractivity contribution in [3.05, 3.63) is 11.6 Å². The van der Waals surface area contributed by atoms with Crippen LogP contribution in [0.5, 0.6) is 0 Å². The van der Waals surface area contributed by atoms with Crippen molar-refractivity contribution in [1.82, 2.24) is 0 Å². The maximum absolute atomic E-state index is 5.91. The zero-order valence-corrected chi connectivity index (χ0v) is 12.1. The van der Waals surface area contributed by atoms with Gasteiger partial charge in [0.2, 0.25) is 0 Å². The van der Waals surface area contributed by atoms with Gasteiger partial charge in [-0.25, -0.2) is 0 Å². The first-order valence-electron chi connectivity index (χ1n) is 7.33. The van der Waals surface area contributed by atoms with Gasteiger partial charge in [-0.15, -0.1) is 0 Å². The van der Waals surface area contributed by atoms with Gasteiger partial charge in [-0.2, -0.15) is 0 Å². The van der Waals surface area contributed by atoms with Gasteiger partial charge in [-0.1, -0.05) is 31.0 Å². The van der Waals surface area contributed by atoms with Crippen LogP contribution in [0.4, 0.5) is 0 Å². The smallest absolute Gasteiger partial charge is 0.160 e. The molecule has 0 atom stereocenters. The molecule has 2 aliphatic rings. The van der Waals surface area contributed by atoms with Crippen LogP contribution in [0.25, 0.3) is 0 Å². The minimum Gasteiger partial charge on any atom is -0.352 e. The second kappa shape index (κ2) is 7.52. The number of hydrogen-bond acceptors (Lipinski definition) is 2. The van der Waals surface area contributed by atoms with Gasteiger partial charge in [0.1, 0.15) is 0 Å². The Morgan fingerprint density at radius 1 is 1.11 bits per heavy atom. The third kappa shape index (κ3) is 3.97. The van der Waals surface area contributed by atoms with E-state index in [0.717, 1.165) is 13.2 Å². The van der Waals surface area contributed by atoms with Gasteiger partial charge in [0, 0.05) is 17.4 Å². The molecule has 0 unspecified atom stereocenters. The van der Waals surface area contributed by atoms with Crippen molar-refractivity contribution in [1.29, 1.82) is 0 Å². The van der Waals surface area contributed by atoms with Crippen molar-refractivity contribution < 1.29 is 9.47 Å². The molecule has 1 heterocycles. The second-order valence-corrected chi connectivity index (χ2v) is 5.94. The molecule has 0 N–H and O–H groups in total. The SMILES string of the molecule is CCCC1COC(C2CCC(C=CCl)CC2)OC1. The zero-order valence-electron chi connectivity index (χ0n) is 11.3. The van der Waals surface area contributed by atoms with Crippen LogP contribution >= 0.6 is 11.6 Å². The largest absolute Gasteiger partial charge is 0.352 e. The summed E-state index contributed by atoms with van der Waals surface area (Å²) in [5.41, 5.74) is 1.66. The summed E-state index contributed by atoms with van der Waals surface area (Å²) < 4.78 is 11.8. The summed E-state index contributed by atoms with van der Waals surface area (Å²) in [6, 6.07) is 0. The van der Waals surface area contributed by atoms with Crippen molar-refractivity contribution >= 4 is 11.6 Å². The summed E-state index contributed by atoms with van der Waals surface area (Å²) in [7, 11) is 0. The summed E-state index contributed by atoms with van der Waals surface area (Å²) in [4.78, 5) is 0. The monoisotopic (exact) mass is 272 g/mol. The number of allylic oxidation sites excluding steroid dienone is 1. The standard InChI is InChI=1S/C15H25ClO2/c1-2-3-13-10-17-15(18-11-13)14-6-4-12(5-7-14)8-9-16/h8-9,12-15H,2-7,10-11H2,1H3. The quantitative estimate of drug-likeness (QED) is 0.758. The molecular weight excluding hydrogens is 248 g/mol. The van der Waals surface area contributed by atoms with Crippen molar-refractivity contribution in [3.63, 3.8) is 0 Å². The fraction of sp³-hybridized carbons (Fsp3) is 0.867. The number of rotatable bonds is 4. The number of halogens is 1. The molecule has 1 aliphatic heterocycles. The molecule has 3 heteroatoms. The second-order valence-electron chi connectivity index (χ2n) is 5.68. The lowest BCUT2D eigenvalue weighted by atomic mass is 9.81. The fourth-order valence-electron chi connectivity index (χ4n) is 3.12. The van der Waals surface area contributed by atoms with Crippen LogP contribution in [0.15, 0.2) is 11.6 Å². The summed E-state index contributed by atoms with van der Waals surface area (Å²) >= 11 is 5.64. The van der Waals surface area contributed by atoms with Gasteiger partial charge in [0.25, 0.3) is 0 Å². The first kappa shape index (κ1) is 14.4. The van der Waals surface area contributed by atoms with Gasteiger partial charge >= 0.3 is 0 Å². The predicted molar refractivity (Wildman–Crippen MR) is 74.5 cm³/mol. The van der Waals surface area contributed by atoms with Gasteiger partial charge < -0.3 is 9.47 Å². The molecule has 2 nitrogen and oxygen atoms in total. The van der Waals surface area contributed by atoms with E-state index in [0.29, 0.717) is 17.8 Å². The summed E-state index contributed by atoms with van der Waals surface area (Å²) in [5.74, 6) is 1.87. The van der Waals surface area contributed by atoms with E-state index in [1.165, 1.54) is 38.5 Å². The lowest BCUT2D eigenvalue weighted by Crippen LogP contribution is -2.38. The van der Waals surface area contributed by atoms with Crippen molar-refractivity contribution in [2.45, 2.75) is 51.7 Å². The Morgan fingerprint density at radius 2 is 1.78 bits per heavy atom. The lowest BCUT2D eigenvalue weighted by Gasteiger charge is -2.37. The molecule has 104 valence electrons. The first-order valence-corrected chi connectivity index (χ1v) is 7.77. The van der Waals surface area contributed by atoms with E-state index in [1.807, 2.05) is 0 Å². The van der Waals surface area contributed by atoms with Crippen LogP contribution in [0.2, 0.25) is 0 Å². The average Bonchev–Trinajstić information content (AvgIpc) is 2.41. The zero-order chi connectivity index (χ0) is 12.8. The Kier molecular flexibility index (Phi) is 6.00. The number of hydrogen-bond donors (Lipinski definition) is 0. The molecule has 0 aromatic heterocycles. The number of ether oxygens (including phenoxy) is 2. The van der Waals surface area contributed by atoms with Gasteiger partial charge in [-0.3, -0.25) is 0 Å². The molecule has 0 bridgehead atoms. The maximum Gasteiger partial charge on any atom is 0.160 e. The predicted octanol–water partition coefficient (Wildman–Crippen LogP) is 4.33. The topological polar surface area (TPSA) is 18.5 Å². The van der Waals surface area contributed by atoms with Gasteiger partial charge in [0.15, 0.2) is 6.29 Å². The highest BCUT2D eigenvalue weighted by Gasteiger charge is 2.31. The molecule has 1 saturated carbocycles. The van der Waals surface area contributed by atoms with E-state index in [-0.39, 0.29) is 6.29 Å². The summed E-state index contributed by atoms with van der Waals surface area (Å²) in [6.07, 6.45) is 9.46. The molecule has 0 aromatic rings. The lowest BCUT2D eigenvalue weighted by molar-refractivity contribution is -0.229. The summed E-state index contributed by atoms with van der Waals surface area (Å²) in [5, 5.41) is 0. The molecule has 1 aliphatic carbocycles. The van der Waals surface area contributed by atoms with E-state index < -0.39 is 0 Å². The highest BCUT2D eigenvalue weighted by atomic mass is 35.5. The van der Waals surface area contributed by atoms with E-state index in [4.69, 9.17) is 21.1 Å². The van der Waals surface area contributed by atoms with Gasteiger partial charge in [-0.05, 0) is 38.0 Å². The fourth-order valence-corrected chi connectivity index (χ4v) is 3.32. The molecule has 1 saturated heterocycles. The molecule has 0 spiro atoms. The van der Waals surface area contributed by atoms with Crippen LogP contribution in [0.3, 0.4) is 0 Å². The van der Waals surface area contributed by atoms with E-state index in [2.05, 4.69) is 13.0 Å². The van der Waals surface area contributed by atoms with E-state index >= 15 is 0 Å². The summed E-state index contributed by atoms with van der Waals surface area (Å²) in [6.45, 7) is 4.00. The minimum atomic E-state index is 0.0547. The van der Waals surface area contributed by atoms with Crippen molar-refractivity contribution in [2.75, 3.05) is 13.2 Å². The minimum absolute atomic E-state index is 0.0547. The molecular formula is C15H25ClO2. The highest BCUT2D eigenvalue weighted by molar-refractivity contribution is 6.25. The van der Waals surface area contributed by atoms with Crippen LogP contribution in [-0.2, 0) is 9.47 Å². The van der Waals surface area contributed by atoms with Crippen LogP contribution in [-0.4, -0.2) is 19.5 Å². The highest BCUT2D eigenvalue weighted by Crippen LogP contribution is 2.34. The molecule has 18 heavy (non-hydrogen) atoms. The Bertz CT molecular complexity index is 251. The molecule has 0 aromatic carbocycles. The van der Waals surface area contributed by atoms with E-state index in [9.17, 15) is 0 Å². The van der Waals surface area contributed by atoms with Crippen LogP contribution < -0.4 is 0 Å². The Hall–Kier alpha value is -0.0500. The Balaban J connectivity index is 1.71. The van der Waals surface area contributed by atoms with Crippen molar-refractivity contribution in [3.8, 4) is 0 Å². The maximum atomic E-state index is 5.91. The molecule has 0 amide bonds. The van der Waals surface area contributed by atoms with Crippen LogP contribution in [0, 0.1) is 17.8 Å². The van der Waals surface area contributed by atoms with Gasteiger partial charge in [0.05, 0.1) is 13.2 Å². The Labute approximate surface area is 116 Å². The molecule has 0 radical (unpaired) electrons. The molecule has 2 fully saturated rings. The third-order valence-electron chi connectivity index (χ3n) is 4.24. The van der Waals surface area contributed by atoms with Crippen molar-refractivity contribution in [2.24, 2.45) is 17.8 Å². The molecule has 2 rings (SSSR count). The average molecular weight is 273 g/mol. The first-order chi connectivity index (χ1) is 8.83. The Morgan fingerprint density at radius 3 is 2.33 bits per heavy atom.